The van der Waals surface area contributed by atoms with Gasteiger partial charge in [-0.25, -0.2) is 9.59 Å². The van der Waals surface area contributed by atoms with Gasteiger partial charge < -0.3 is 15.0 Å². The maximum absolute atomic E-state index is 13.1. The average molecular weight is 497 g/mol. The summed E-state index contributed by atoms with van der Waals surface area (Å²) in [7, 11) is 1.67. The summed E-state index contributed by atoms with van der Waals surface area (Å²) in [5, 5.41) is 6.80. The zero-order chi connectivity index (χ0) is 25.1. The van der Waals surface area contributed by atoms with Crippen LogP contribution in [0.4, 0.5) is 4.79 Å². The summed E-state index contributed by atoms with van der Waals surface area (Å²) in [4.78, 5) is 44.6. The Morgan fingerprint density at radius 1 is 1.17 bits per heavy atom. The van der Waals surface area contributed by atoms with Gasteiger partial charge in [0.25, 0.3) is 5.91 Å². The lowest BCUT2D eigenvalue weighted by atomic mass is 9.96. The highest BCUT2D eigenvalue weighted by Crippen LogP contribution is 2.32. The third-order valence-corrected chi connectivity index (χ3v) is 7.29. The van der Waals surface area contributed by atoms with Crippen molar-refractivity contribution >= 4 is 29.2 Å². The van der Waals surface area contributed by atoms with Crippen molar-refractivity contribution in [2.45, 2.75) is 32.9 Å². The number of piperazine rings is 1. The van der Waals surface area contributed by atoms with Gasteiger partial charge >= 0.3 is 12.0 Å². The Morgan fingerprint density at radius 2 is 1.91 bits per heavy atom. The second-order valence-corrected chi connectivity index (χ2v) is 9.81. The molecule has 2 aliphatic heterocycles. The van der Waals surface area contributed by atoms with Gasteiger partial charge in [-0.1, -0.05) is 17.7 Å². The number of hydrogen-bond acceptors (Lipinski definition) is 6. The molecule has 35 heavy (non-hydrogen) atoms. The van der Waals surface area contributed by atoms with Crippen molar-refractivity contribution in [3.05, 3.63) is 69.1 Å². The summed E-state index contributed by atoms with van der Waals surface area (Å²) in [6.45, 7) is 8.31. The zero-order valence-corrected chi connectivity index (χ0v) is 21.4. The highest BCUT2D eigenvalue weighted by atomic mass is 32.1. The second-order valence-electron chi connectivity index (χ2n) is 9.03. The van der Waals surface area contributed by atoms with Gasteiger partial charge in [0.2, 0.25) is 0 Å². The van der Waals surface area contributed by atoms with Gasteiger partial charge in [0.15, 0.2) is 0 Å². The molecule has 2 aromatic rings. The van der Waals surface area contributed by atoms with Gasteiger partial charge in [0.1, 0.15) is 0 Å². The van der Waals surface area contributed by atoms with E-state index in [0.29, 0.717) is 43.0 Å². The van der Waals surface area contributed by atoms with Crippen LogP contribution in [0.25, 0.3) is 0 Å². The van der Waals surface area contributed by atoms with E-state index in [0.717, 1.165) is 11.1 Å². The van der Waals surface area contributed by atoms with Crippen molar-refractivity contribution in [2.75, 3.05) is 39.8 Å². The lowest BCUT2D eigenvalue weighted by molar-refractivity contribution is -0.139. The number of rotatable bonds is 6. The molecule has 0 bridgehead atoms. The lowest BCUT2D eigenvalue weighted by Crippen LogP contribution is -2.56. The van der Waals surface area contributed by atoms with Crippen molar-refractivity contribution in [1.29, 1.82) is 0 Å². The van der Waals surface area contributed by atoms with Gasteiger partial charge in [-0.05, 0) is 55.3 Å². The van der Waals surface area contributed by atoms with Crippen LogP contribution in [0.3, 0.4) is 0 Å². The van der Waals surface area contributed by atoms with E-state index in [1.54, 1.807) is 14.0 Å². The molecule has 3 amide bonds. The molecule has 4 rings (SSSR count). The minimum Gasteiger partial charge on any atom is -0.463 e. The number of aryl methyl sites for hydroxylation is 1. The standard InChI is InChI=1S/C26H32N4O4S/c1-5-34-25(32)22-21(28(4)26(33)27-23(22)20-10-13-35-16-20)15-29-11-12-30(18(3)14-29)24(31)19-8-6-17(2)7-9-19/h6-10,13,16,18,23H,5,11-12,14-15H2,1-4H3,(H,27,33). The molecule has 0 spiro atoms. The Kier molecular flexibility index (Phi) is 7.57. The summed E-state index contributed by atoms with van der Waals surface area (Å²) in [6, 6.07) is 8.72. The van der Waals surface area contributed by atoms with Crippen molar-refractivity contribution in [3.8, 4) is 0 Å². The Morgan fingerprint density at radius 3 is 2.54 bits per heavy atom. The molecule has 8 nitrogen and oxygen atoms in total. The number of esters is 1. The van der Waals surface area contributed by atoms with Gasteiger partial charge in [-0.2, -0.15) is 11.3 Å². The summed E-state index contributed by atoms with van der Waals surface area (Å²) < 4.78 is 5.40. The van der Waals surface area contributed by atoms with Crippen LogP contribution in [-0.2, 0) is 9.53 Å². The van der Waals surface area contributed by atoms with Gasteiger partial charge in [-0.3, -0.25) is 14.6 Å². The van der Waals surface area contributed by atoms with Crippen molar-refractivity contribution < 1.29 is 19.1 Å². The number of ether oxygens (including phenoxy) is 1. The third kappa shape index (κ3) is 5.26. The number of carbonyl (C=O) groups is 3. The second kappa shape index (κ2) is 10.6. The molecule has 2 aliphatic rings. The number of likely N-dealkylation sites (N-methyl/N-ethyl adjacent to an activating group) is 1. The molecular weight excluding hydrogens is 464 g/mol. The van der Waals surface area contributed by atoms with Crippen LogP contribution in [0.1, 0.15) is 41.4 Å². The fraction of sp³-hybridized carbons (Fsp3) is 0.423. The Labute approximate surface area is 210 Å². The molecule has 0 saturated carbocycles. The molecule has 0 aliphatic carbocycles. The number of carbonyl (C=O) groups excluding carboxylic acids is 3. The maximum Gasteiger partial charge on any atom is 0.338 e. The number of urea groups is 1. The number of nitrogens with zero attached hydrogens (tertiary/aromatic N) is 3. The topological polar surface area (TPSA) is 82.2 Å². The Bertz CT molecular complexity index is 1110. The number of benzene rings is 1. The molecule has 2 unspecified atom stereocenters. The number of thiophene rings is 1. The van der Waals surface area contributed by atoms with Crippen LogP contribution in [-0.4, -0.2) is 78.5 Å². The average Bonchev–Trinajstić information content (AvgIpc) is 3.37. The van der Waals surface area contributed by atoms with Gasteiger partial charge in [0, 0.05) is 50.5 Å². The molecule has 0 radical (unpaired) electrons. The normalized spacial score (nSPS) is 21.2. The SMILES string of the molecule is CCOC(=O)C1=C(CN2CCN(C(=O)c3ccc(C)cc3)C(C)C2)N(C)C(=O)NC1c1ccsc1. The first-order valence-electron chi connectivity index (χ1n) is 11.9. The molecule has 186 valence electrons. The number of nitrogens with one attached hydrogen (secondary N) is 1. The van der Waals surface area contributed by atoms with Crippen LogP contribution >= 0.6 is 11.3 Å². The first kappa shape index (κ1) is 24.9. The first-order chi connectivity index (χ1) is 16.8. The smallest absolute Gasteiger partial charge is 0.338 e. The van der Waals surface area contributed by atoms with E-state index in [2.05, 4.69) is 10.2 Å². The molecular formula is C26H32N4O4S. The molecule has 1 fully saturated rings. The van der Waals surface area contributed by atoms with Crippen LogP contribution in [0.5, 0.6) is 0 Å². The Hall–Kier alpha value is -3.17. The predicted octanol–water partition coefficient (Wildman–Crippen LogP) is 3.42. The molecule has 2 atom stereocenters. The summed E-state index contributed by atoms with van der Waals surface area (Å²) in [6.07, 6.45) is 0. The fourth-order valence-electron chi connectivity index (χ4n) is 4.64. The summed E-state index contributed by atoms with van der Waals surface area (Å²) in [5.74, 6) is -0.401. The van der Waals surface area contributed by atoms with E-state index in [1.165, 1.54) is 16.2 Å². The molecule has 1 saturated heterocycles. The highest BCUT2D eigenvalue weighted by molar-refractivity contribution is 7.08. The molecule has 1 N–H and O–H groups in total. The van der Waals surface area contributed by atoms with E-state index in [1.807, 2.05) is 59.8 Å². The highest BCUT2D eigenvalue weighted by Gasteiger charge is 2.38. The van der Waals surface area contributed by atoms with E-state index in [-0.39, 0.29) is 24.6 Å². The molecule has 1 aromatic heterocycles. The Balaban J connectivity index is 1.56. The minimum absolute atomic E-state index is 0.0143. The third-order valence-electron chi connectivity index (χ3n) is 6.59. The fourth-order valence-corrected chi connectivity index (χ4v) is 5.33. The van der Waals surface area contributed by atoms with Gasteiger partial charge in [0.05, 0.1) is 18.2 Å². The van der Waals surface area contributed by atoms with Crippen LogP contribution < -0.4 is 5.32 Å². The van der Waals surface area contributed by atoms with Crippen LogP contribution in [0.15, 0.2) is 52.4 Å². The quantitative estimate of drug-likeness (QED) is 0.620. The van der Waals surface area contributed by atoms with E-state index >= 15 is 0 Å². The first-order valence-corrected chi connectivity index (χ1v) is 12.8. The predicted molar refractivity (Wildman–Crippen MR) is 135 cm³/mol. The van der Waals surface area contributed by atoms with Crippen molar-refractivity contribution in [1.82, 2.24) is 20.0 Å². The number of amides is 3. The van der Waals surface area contributed by atoms with Crippen LogP contribution in [0, 0.1) is 6.92 Å². The van der Waals surface area contributed by atoms with E-state index < -0.39 is 12.0 Å². The number of hydrogen-bond donors (Lipinski definition) is 1. The van der Waals surface area contributed by atoms with Crippen LogP contribution in [0.2, 0.25) is 0 Å². The maximum atomic E-state index is 13.1. The molecule has 3 heterocycles. The molecule has 1 aromatic carbocycles. The summed E-state index contributed by atoms with van der Waals surface area (Å²) in [5.41, 5.74) is 3.75. The summed E-state index contributed by atoms with van der Waals surface area (Å²) >= 11 is 1.51. The minimum atomic E-state index is -0.555. The lowest BCUT2D eigenvalue weighted by Gasteiger charge is -2.42. The van der Waals surface area contributed by atoms with Crippen molar-refractivity contribution in [2.24, 2.45) is 0 Å². The van der Waals surface area contributed by atoms with Gasteiger partial charge in [-0.15, -0.1) is 0 Å². The largest absolute Gasteiger partial charge is 0.463 e. The monoisotopic (exact) mass is 496 g/mol. The van der Waals surface area contributed by atoms with Crippen molar-refractivity contribution in [3.63, 3.8) is 0 Å². The van der Waals surface area contributed by atoms with E-state index in [4.69, 9.17) is 4.74 Å². The molecule has 9 heteroatoms. The van der Waals surface area contributed by atoms with E-state index in [9.17, 15) is 14.4 Å². The zero-order valence-electron chi connectivity index (χ0n) is 20.6.